The summed E-state index contributed by atoms with van der Waals surface area (Å²) in [4.78, 5) is 0.271. The number of aryl methyl sites for hydroxylation is 1. The summed E-state index contributed by atoms with van der Waals surface area (Å²) in [5.74, 6) is 1.09. The van der Waals surface area contributed by atoms with Gasteiger partial charge in [-0.1, -0.05) is 13.8 Å². The van der Waals surface area contributed by atoms with Crippen LogP contribution in [-0.4, -0.2) is 45.1 Å². The summed E-state index contributed by atoms with van der Waals surface area (Å²) in [7, 11) is -3.51. The van der Waals surface area contributed by atoms with Crippen LogP contribution in [0.1, 0.15) is 31.8 Å². The van der Waals surface area contributed by atoms with E-state index in [4.69, 9.17) is 9.15 Å². The maximum Gasteiger partial charge on any atom is 0.246 e. The molecule has 1 aromatic rings. The molecule has 0 amide bonds. The quantitative estimate of drug-likeness (QED) is 0.861. The lowest BCUT2D eigenvalue weighted by Gasteiger charge is -2.31. The topological polar surface area (TPSA) is 71.8 Å². The molecule has 21 heavy (non-hydrogen) atoms. The van der Waals surface area contributed by atoms with Crippen LogP contribution < -0.4 is 5.32 Å². The van der Waals surface area contributed by atoms with Gasteiger partial charge in [0.25, 0.3) is 0 Å². The van der Waals surface area contributed by atoms with Crippen molar-refractivity contribution in [3.63, 3.8) is 0 Å². The number of furan rings is 1. The van der Waals surface area contributed by atoms with Crippen molar-refractivity contribution < 1.29 is 17.6 Å². The van der Waals surface area contributed by atoms with Gasteiger partial charge >= 0.3 is 0 Å². The number of nitrogens with one attached hydrogen (secondary N) is 1. The van der Waals surface area contributed by atoms with Crippen LogP contribution in [0.4, 0.5) is 0 Å². The highest BCUT2D eigenvalue weighted by molar-refractivity contribution is 7.89. The molecule has 6 nitrogen and oxygen atoms in total. The molecule has 2 heterocycles. The van der Waals surface area contributed by atoms with E-state index in [1.807, 2.05) is 13.8 Å². The van der Waals surface area contributed by atoms with Crippen molar-refractivity contribution >= 4 is 10.0 Å². The van der Waals surface area contributed by atoms with Crippen molar-refractivity contribution in [2.45, 2.75) is 44.7 Å². The highest BCUT2D eigenvalue weighted by Gasteiger charge is 2.32. The highest BCUT2D eigenvalue weighted by Crippen LogP contribution is 2.25. The van der Waals surface area contributed by atoms with Crippen LogP contribution in [0.3, 0.4) is 0 Å². The minimum absolute atomic E-state index is 0.0260. The molecule has 1 fully saturated rings. The molecule has 1 aliphatic rings. The predicted octanol–water partition coefficient (Wildman–Crippen LogP) is 1.50. The van der Waals surface area contributed by atoms with Gasteiger partial charge in [-0.05, 0) is 19.9 Å². The third kappa shape index (κ3) is 3.66. The number of morpholine rings is 1. The van der Waals surface area contributed by atoms with Crippen LogP contribution in [0, 0.1) is 6.92 Å². The van der Waals surface area contributed by atoms with Crippen molar-refractivity contribution in [3.05, 3.63) is 17.6 Å². The maximum atomic E-state index is 12.7. The zero-order chi connectivity index (χ0) is 15.5. The van der Waals surface area contributed by atoms with E-state index < -0.39 is 10.0 Å². The minimum atomic E-state index is -3.51. The van der Waals surface area contributed by atoms with E-state index in [-0.39, 0.29) is 11.0 Å². The summed E-state index contributed by atoms with van der Waals surface area (Å²) in [6.07, 6.45) is 0.782. The second kappa shape index (κ2) is 6.91. The second-order valence-corrected chi connectivity index (χ2v) is 7.08. The van der Waals surface area contributed by atoms with Gasteiger partial charge in [0.1, 0.15) is 16.4 Å². The van der Waals surface area contributed by atoms with Gasteiger partial charge in [0.2, 0.25) is 10.0 Å². The monoisotopic (exact) mass is 316 g/mol. The Morgan fingerprint density at radius 2 is 2.19 bits per heavy atom. The molecule has 0 bridgehead atoms. The van der Waals surface area contributed by atoms with E-state index >= 15 is 0 Å². The summed E-state index contributed by atoms with van der Waals surface area (Å²) in [5, 5.41) is 3.13. The predicted molar refractivity (Wildman–Crippen MR) is 79.6 cm³/mol. The first kappa shape index (κ1) is 16.5. The molecule has 0 aromatic carbocycles. The van der Waals surface area contributed by atoms with Gasteiger partial charge in [0, 0.05) is 19.2 Å². The summed E-state index contributed by atoms with van der Waals surface area (Å²) >= 11 is 0. The third-order valence-electron chi connectivity index (χ3n) is 3.65. The molecule has 2 rings (SSSR count). The summed E-state index contributed by atoms with van der Waals surface area (Å²) in [6.45, 7) is 8.28. The third-order valence-corrected chi connectivity index (χ3v) is 5.62. The molecule has 0 radical (unpaired) electrons. The number of hydrogen-bond acceptors (Lipinski definition) is 5. The molecule has 0 spiro atoms. The van der Waals surface area contributed by atoms with E-state index in [0.717, 1.165) is 13.0 Å². The molecule has 7 heteroatoms. The SMILES string of the molecule is CCNCc1cc(S(=O)(=O)N2CCOC(CC)C2)c(C)o1. The van der Waals surface area contributed by atoms with Gasteiger partial charge in [0.15, 0.2) is 0 Å². The Labute approximate surface area is 126 Å². The first-order valence-electron chi connectivity index (χ1n) is 7.40. The van der Waals surface area contributed by atoms with Crippen LogP contribution >= 0.6 is 0 Å². The molecule has 1 unspecified atom stereocenters. The van der Waals surface area contributed by atoms with Crippen LogP contribution in [-0.2, 0) is 21.3 Å². The number of nitrogens with zero attached hydrogens (tertiary/aromatic N) is 1. The first-order valence-corrected chi connectivity index (χ1v) is 8.84. The summed E-state index contributed by atoms with van der Waals surface area (Å²) in [6, 6.07) is 1.63. The fourth-order valence-corrected chi connectivity index (χ4v) is 4.05. The maximum absolute atomic E-state index is 12.7. The summed E-state index contributed by atoms with van der Waals surface area (Å²) in [5.41, 5.74) is 0. The van der Waals surface area contributed by atoms with Gasteiger partial charge in [0.05, 0.1) is 19.3 Å². The Bertz CT molecular complexity index is 568. The van der Waals surface area contributed by atoms with Crippen molar-refractivity contribution in [2.24, 2.45) is 0 Å². The van der Waals surface area contributed by atoms with Crippen molar-refractivity contribution in [1.29, 1.82) is 0 Å². The van der Waals surface area contributed by atoms with Crippen molar-refractivity contribution in [2.75, 3.05) is 26.2 Å². The highest BCUT2D eigenvalue weighted by atomic mass is 32.2. The molecular weight excluding hydrogens is 292 g/mol. The minimum Gasteiger partial charge on any atom is -0.464 e. The van der Waals surface area contributed by atoms with Gasteiger partial charge < -0.3 is 14.5 Å². The molecule has 1 aliphatic heterocycles. The normalized spacial score (nSPS) is 20.8. The fraction of sp³-hybridized carbons (Fsp3) is 0.714. The Hall–Kier alpha value is -0.890. The standard InChI is InChI=1S/C14H24N2O4S/c1-4-12-10-16(6-7-19-12)21(17,18)14-8-13(9-15-5-2)20-11(14)3/h8,12,15H,4-7,9-10H2,1-3H3. The Morgan fingerprint density at radius 1 is 1.43 bits per heavy atom. The Morgan fingerprint density at radius 3 is 2.86 bits per heavy atom. The largest absolute Gasteiger partial charge is 0.464 e. The average molecular weight is 316 g/mol. The Kier molecular flexibility index (Phi) is 5.43. The van der Waals surface area contributed by atoms with E-state index in [2.05, 4.69) is 5.32 Å². The van der Waals surface area contributed by atoms with Crippen LogP contribution in [0.15, 0.2) is 15.4 Å². The van der Waals surface area contributed by atoms with Gasteiger partial charge in [-0.2, -0.15) is 4.31 Å². The molecule has 1 N–H and O–H groups in total. The second-order valence-electron chi connectivity index (χ2n) is 5.18. The number of rotatable bonds is 6. The van der Waals surface area contributed by atoms with E-state index in [1.54, 1.807) is 13.0 Å². The number of sulfonamides is 1. The van der Waals surface area contributed by atoms with Gasteiger partial charge in [-0.15, -0.1) is 0 Å². The van der Waals surface area contributed by atoms with E-state index in [9.17, 15) is 8.42 Å². The smallest absolute Gasteiger partial charge is 0.246 e. The zero-order valence-electron chi connectivity index (χ0n) is 12.9. The lowest BCUT2D eigenvalue weighted by Crippen LogP contribution is -2.45. The molecule has 1 saturated heterocycles. The lowest BCUT2D eigenvalue weighted by atomic mass is 10.2. The van der Waals surface area contributed by atoms with Crippen molar-refractivity contribution in [3.8, 4) is 0 Å². The van der Waals surface area contributed by atoms with Crippen molar-refractivity contribution in [1.82, 2.24) is 9.62 Å². The van der Waals surface area contributed by atoms with Crippen LogP contribution in [0.25, 0.3) is 0 Å². The van der Waals surface area contributed by atoms with E-state index in [0.29, 0.717) is 37.8 Å². The molecule has 1 aromatic heterocycles. The first-order chi connectivity index (χ1) is 9.98. The molecule has 0 saturated carbocycles. The fourth-order valence-electron chi connectivity index (χ4n) is 2.41. The Balaban J connectivity index is 2.20. The molecular formula is C14H24N2O4S. The van der Waals surface area contributed by atoms with E-state index in [1.165, 1.54) is 4.31 Å². The van der Waals surface area contributed by atoms with Crippen LogP contribution in [0.2, 0.25) is 0 Å². The average Bonchev–Trinajstić information content (AvgIpc) is 2.87. The molecule has 0 aliphatic carbocycles. The molecule has 1 atom stereocenters. The number of ether oxygens (including phenoxy) is 1. The zero-order valence-corrected chi connectivity index (χ0v) is 13.7. The van der Waals surface area contributed by atoms with Crippen LogP contribution in [0.5, 0.6) is 0 Å². The summed E-state index contributed by atoms with van der Waals surface area (Å²) < 4.78 is 38.1. The van der Waals surface area contributed by atoms with Gasteiger partial charge in [-0.3, -0.25) is 0 Å². The lowest BCUT2D eigenvalue weighted by molar-refractivity contribution is -0.00280. The number of hydrogen-bond donors (Lipinski definition) is 1. The molecule has 120 valence electrons. The van der Waals surface area contributed by atoms with Gasteiger partial charge in [-0.25, -0.2) is 8.42 Å².